The van der Waals surface area contributed by atoms with E-state index in [4.69, 9.17) is 0 Å². The Hall–Kier alpha value is -1.48. The SMILES string of the molecule is CS(=O)(=O)N1CCC(NC(=O)c2ncn[nH]2)CC1. The highest BCUT2D eigenvalue weighted by molar-refractivity contribution is 7.88. The Kier molecular flexibility index (Phi) is 3.62. The zero-order chi connectivity index (χ0) is 13.2. The summed E-state index contributed by atoms with van der Waals surface area (Å²) in [6.45, 7) is 0.861. The molecule has 1 saturated heterocycles. The number of piperidine rings is 1. The molecule has 1 aliphatic heterocycles. The number of aromatic amines is 1. The van der Waals surface area contributed by atoms with Gasteiger partial charge >= 0.3 is 0 Å². The van der Waals surface area contributed by atoms with E-state index in [9.17, 15) is 13.2 Å². The number of rotatable bonds is 3. The van der Waals surface area contributed by atoms with E-state index in [2.05, 4.69) is 20.5 Å². The van der Waals surface area contributed by atoms with Gasteiger partial charge in [-0.05, 0) is 12.8 Å². The van der Waals surface area contributed by atoms with Gasteiger partial charge in [0.25, 0.3) is 5.91 Å². The Morgan fingerprint density at radius 1 is 1.50 bits per heavy atom. The highest BCUT2D eigenvalue weighted by Crippen LogP contribution is 2.13. The van der Waals surface area contributed by atoms with E-state index in [1.165, 1.54) is 16.9 Å². The maximum Gasteiger partial charge on any atom is 0.288 e. The fourth-order valence-corrected chi connectivity index (χ4v) is 2.77. The Labute approximate surface area is 105 Å². The normalized spacial score (nSPS) is 18.7. The van der Waals surface area contributed by atoms with Crippen LogP contribution in [0.15, 0.2) is 6.33 Å². The van der Waals surface area contributed by atoms with Crippen molar-refractivity contribution in [3.63, 3.8) is 0 Å². The first-order valence-corrected chi connectivity index (χ1v) is 7.43. The van der Waals surface area contributed by atoms with Crippen molar-refractivity contribution >= 4 is 15.9 Å². The molecule has 2 heterocycles. The minimum absolute atomic E-state index is 0.0272. The second-order valence-electron chi connectivity index (χ2n) is 4.24. The molecule has 0 unspecified atom stereocenters. The van der Waals surface area contributed by atoms with Crippen LogP contribution in [0.2, 0.25) is 0 Å². The molecule has 0 radical (unpaired) electrons. The lowest BCUT2D eigenvalue weighted by molar-refractivity contribution is 0.0914. The van der Waals surface area contributed by atoms with Gasteiger partial charge in [0.05, 0.1) is 6.26 Å². The first kappa shape index (κ1) is 13.0. The smallest absolute Gasteiger partial charge is 0.288 e. The van der Waals surface area contributed by atoms with Crippen molar-refractivity contribution in [1.82, 2.24) is 24.8 Å². The average Bonchev–Trinajstić information content (AvgIpc) is 2.82. The molecule has 2 rings (SSSR count). The molecule has 0 aromatic carbocycles. The molecule has 1 aliphatic rings. The molecule has 9 heteroatoms. The summed E-state index contributed by atoms with van der Waals surface area (Å²) < 4.78 is 24.1. The molecule has 8 nitrogen and oxygen atoms in total. The number of nitrogens with one attached hydrogen (secondary N) is 2. The molecule has 18 heavy (non-hydrogen) atoms. The van der Waals surface area contributed by atoms with Gasteiger partial charge in [0.15, 0.2) is 0 Å². The van der Waals surface area contributed by atoms with Crippen molar-refractivity contribution in [2.45, 2.75) is 18.9 Å². The van der Waals surface area contributed by atoms with E-state index in [0.29, 0.717) is 25.9 Å². The van der Waals surface area contributed by atoms with Crippen molar-refractivity contribution in [1.29, 1.82) is 0 Å². The maximum atomic E-state index is 11.7. The van der Waals surface area contributed by atoms with Crippen LogP contribution in [0.1, 0.15) is 23.5 Å². The van der Waals surface area contributed by atoms with Crippen molar-refractivity contribution in [3.05, 3.63) is 12.2 Å². The van der Waals surface area contributed by atoms with E-state index in [1.54, 1.807) is 0 Å². The number of nitrogens with zero attached hydrogens (tertiary/aromatic N) is 3. The van der Waals surface area contributed by atoms with Crippen molar-refractivity contribution in [3.8, 4) is 0 Å². The minimum Gasteiger partial charge on any atom is -0.347 e. The summed E-state index contributed by atoms with van der Waals surface area (Å²) in [5, 5.41) is 8.88. The van der Waals surface area contributed by atoms with Gasteiger partial charge in [-0.1, -0.05) is 0 Å². The van der Waals surface area contributed by atoms with E-state index >= 15 is 0 Å². The third-order valence-electron chi connectivity index (χ3n) is 2.89. The lowest BCUT2D eigenvalue weighted by Crippen LogP contribution is -2.46. The van der Waals surface area contributed by atoms with Crippen LogP contribution >= 0.6 is 0 Å². The molecule has 1 aromatic rings. The monoisotopic (exact) mass is 273 g/mol. The fourth-order valence-electron chi connectivity index (χ4n) is 1.90. The fraction of sp³-hybridized carbons (Fsp3) is 0.667. The first-order chi connectivity index (χ1) is 8.47. The van der Waals surface area contributed by atoms with E-state index in [-0.39, 0.29) is 17.8 Å². The van der Waals surface area contributed by atoms with E-state index in [0.717, 1.165) is 0 Å². The highest BCUT2D eigenvalue weighted by atomic mass is 32.2. The second-order valence-corrected chi connectivity index (χ2v) is 6.23. The summed E-state index contributed by atoms with van der Waals surface area (Å²) in [6, 6.07) is -0.0272. The highest BCUT2D eigenvalue weighted by Gasteiger charge is 2.26. The number of hydrogen-bond donors (Lipinski definition) is 2. The van der Waals surface area contributed by atoms with Gasteiger partial charge in [0.2, 0.25) is 15.8 Å². The number of H-pyrrole nitrogens is 1. The van der Waals surface area contributed by atoms with Gasteiger partial charge in [-0.3, -0.25) is 9.89 Å². The van der Waals surface area contributed by atoms with Gasteiger partial charge < -0.3 is 5.32 Å². The topological polar surface area (TPSA) is 108 Å². The summed E-state index contributed by atoms with van der Waals surface area (Å²) in [4.78, 5) is 15.4. The van der Waals surface area contributed by atoms with Crippen LogP contribution in [0.5, 0.6) is 0 Å². The first-order valence-electron chi connectivity index (χ1n) is 5.58. The maximum absolute atomic E-state index is 11.7. The molecule has 1 amide bonds. The molecule has 100 valence electrons. The zero-order valence-corrected chi connectivity index (χ0v) is 10.8. The largest absolute Gasteiger partial charge is 0.347 e. The summed E-state index contributed by atoms with van der Waals surface area (Å²) in [5.74, 6) is -0.147. The molecule has 1 aromatic heterocycles. The van der Waals surface area contributed by atoms with Crippen LogP contribution in [-0.4, -0.2) is 59.2 Å². The Balaban J connectivity index is 1.86. The molecule has 0 bridgehead atoms. The third kappa shape index (κ3) is 3.05. The molecular formula is C9H15N5O3S. The van der Waals surface area contributed by atoms with Crippen molar-refractivity contribution < 1.29 is 13.2 Å². The summed E-state index contributed by atoms with van der Waals surface area (Å²) in [5.41, 5.74) is 0. The molecular weight excluding hydrogens is 258 g/mol. The number of sulfonamides is 1. The van der Waals surface area contributed by atoms with E-state index in [1.807, 2.05) is 0 Å². The standard InChI is InChI=1S/C9H15N5O3S/c1-18(16,17)14-4-2-7(3-5-14)12-9(15)8-10-6-11-13-8/h6-7H,2-5H2,1H3,(H,12,15)(H,10,11,13). The summed E-state index contributed by atoms with van der Waals surface area (Å²) in [6.07, 6.45) is 3.67. The molecule has 0 saturated carbocycles. The van der Waals surface area contributed by atoms with Crippen LogP contribution in [0, 0.1) is 0 Å². The van der Waals surface area contributed by atoms with Gasteiger partial charge in [-0.15, -0.1) is 0 Å². The van der Waals surface area contributed by atoms with Gasteiger partial charge in [0, 0.05) is 19.1 Å². The third-order valence-corrected chi connectivity index (χ3v) is 4.19. The lowest BCUT2D eigenvalue weighted by Gasteiger charge is -2.30. The number of amides is 1. The van der Waals surface area contributed by atoms with Crippen LogP contribution < -0.4 is 5.32 Å². The molecule has 1 fully saturated rings. The number of carbonyl (C=O) groups excluding carboxylic acids is 1. The average molecular weight is 273 g/mol. The Morgan fingerprint density at radius 3 is 2.67 bits per heavy atom. The van der Waals surface area contributed by atoms with Crippen LogP contribution in [0.25, 0.3) is 0 Å². The van der Waals surface area contributed by atoms with Gasteiger partial charge in [0.1, 0.15) is 6.33 Å². The van der Waals surface area contributed by atoms with Crippen LogP contribution in [0.4, 0.5) is 0 Å². The minimum atomic E-state index is -3.13. The molecule has 0 atom stereocenters. The number of aromatic nitrogens is 3. The predicted molar refractivity (Wildman–Crippen MR) is 63.3 cm³/mol. The Morgan fingerprint density at radius 2 is 2.17 bits per heavy atom. The van der Waals surface area contributed by atoms with Gasteiger partial charge in [-0.25, -0.2) is 17.7 Å². The summed E-state index contributed by atoms with van der Waals surface area (Å²) >= 11 is 0. The molecule has 2 N–H and O–H groups in total. The van der Waals surface area contributed by atoms with Crippen LogP contribution in [-0.2, 0) is 10.0 Å². The number of hydrogen-bond acceptors (Lipinski definition) is 5. The lowest BCUT2D eigenvalue weighted by atomic mass is 10.1. The van der Waals surface area contributed by atoms with Crippen molar-refractivity contribution in [2.24, 2.45) is 0 Å². The second kappa shape index (κ2) is 5.02. The summed E-state index contributed by atoms with van der Waals surface area (Å²) in [7, 11) is -3.13. The molecule has 0 aliphatic carbocycles. The zero-order valence-electron chi connectivity index (χ0n) is 9.96. The van der Waals surface area contributed by atoms with E-state index < -0.39 is 10.0 Å². The Bertz CT molecular complexity index is 504. The predicted octanol–water partition coefficient (Wildman–Crippen LogP) is -1.04. The van der Waals surface area contributed by atoms with Gasteiger partial charge in [-0.2, -0.15) is 5.10 Å². The number of carbonyl (C=O) groups is 1. The van der Waals surface area contributed by atoms with Crippen LogP contribution in [0.3, 0.4) is 0 Å². The quantitative estimate of drug-likeness (QED) is 0.731. The molecule has 0 spiro atoms. The van der Waals surface area contributed by atoms with Crippen molar-refractivity contribution in [2.75, 3.05) is 19.3 Å².